The molecule has 1 heterocycles. The summed E-state index contributed by atoms with van der Waals surface area (Å²) >= 11 is 0. The van der Waals surface area contributed by atoms with Crippen molar-refractivity contribution >= 4 is 33.8 Å². The highest BCUT2D eigenvalue weighted by Gasteiger charge is 2.45. The number of ether oxygens (including phenoxy) is 1. The summed E-state index contributed by atoms with van der Waals surface area (Å²) in [6.07, 6.45) is -0.875. The van der Waals surface area contributed by atoms with Gasteiger partial charge in [-0.05, 0) is 39.0 Å². The molecule has 1 aliphatic heterocycles. The average molecular weight is 505 g/mol. The zero-order valence-electron chi connectivity index (χ0n) is 20.5. The van der Waals surface area contributed by atoms with Gasteiger partial charge < -0.3 is 25.4 Å². The topological polar surface area (TPSA) is 171 Å². The number of hydrogen-bond acceptors (Lipinski definition) is 8. The smallest absolute Gasteiger partial charge is 0.408 e. The van der Waals surface area contributed by atoms with E-state index in [0.29, 0.717) is 12.8 Å². The van der Waals surface area contributed by atoms with E-state index in [2.05, 4.69) is 10.6 Å². The number of carbonyl (C=O) groups is 4. The molecule has 2 rings (SSSR count). The van der Waals surface area contributed by atoms with Crippen LogP contribution in [0.4, 0.5) is 4.79 Å². The average Bonchev–Trinajstić information content (AvgIpc) is 3.44. The molecule has 0 aromatic carbocycles. The number of nitrogens with one attached hydrogen (secondary N) is 3. The number of carbonyl (C=O) groups excluding carboxylic acids is 4. The van der Waals surface area contributed by atoms with Gasteiger partial charge in [-0.1, -0.05) is 20.8 Å². The number of alkyl carbamates (subject to hydrolysis) is 1. The fourth-order valence-corrected chi connectivity index (χ4v) is 4.80. The van der Waals surface area contributed by atoms with Crippen molar-refractivity contribution in [1.29, 1.82) is 0 Å². The lowest BCUT2D eigenvalue weighted by molar-refractivity contribution is -0.142. The predicted octanol–water partition coefficient (Wildman–Crippen LogP) is -0.388. The molecule has 0 radical (unpaired) electrons. The molecule has 3 atom stereocenters. The highest BCUT2D eigenvalue weighted by atomic mass is 32.2. The third kappa shape index (κ3) is 7.83. The molecule has 194 valence electrons. The van der Waals surface area contributed by atoms with Crippen molar-refractivity contribution in [3.8, 4) is 0 Å². The zero-order chi connectivity index (χ0) is 26.1. The molecule has 1 saturated carbocycles. The number of aliphatic hydroxyl groups excluding tert-OH is 1. The van der Waals surface area contributed by atoms with E-state index in [0.717, 1.165) is 4.90 Å². The minimum Gasteiger partial charge on any atom is -0.444 e. The number of likely N-dealkylation sites (tertiary alicyclic amines) is 1. The summed E-state index contributed by atoms with van der Waals surface area (Å²) in [6.45, 7) is 9.52. The highest BCUT2D eigenvalue weighted by molar-refractivity contribution is 7.90. The van der Waals surface area contributed by atoms with Gasteiger partial charge in [0.2, 0.25) is 21.8 Å². The predicted molar refractivity (Wildman–Crippen MR) is 122 cm³/mol. The molecule has 34 heavy (non-hydrogen) atoms. The van der Waals surface area contributed by atoms with Gasteiger partial charge >= 0.3 is 6.09 Å². The lowest BCUT2D eigenvalue weighted by Crippen LogP contribution is -2.58. The van der Waals surface area contributed by atoms with Crippen molar-refractivity contribution in [3.63, 3.8) is 0 Å². The summed E-state index contributed by atoms with van der Waals surface area (Å²) in [7, 11) is -3.75. The molecule has 4 N–H and O–H groups in total. The Labute approximate surface area is 200 Å². The van der Waals surface area contributed by atoms with Gasteiger partial charge in [0.25, 0.3) is 5.91 Å². The van der Waals surface area contributed by atoms with Gasteiger partial charge in [-0.25, -0.2) is 13.2 Å². The second-order valence-electron chi connectivity index (χ2n) is 10.8. The van der Waals surface area contributed by atoms with E-state index < -0.39 is 74.8 Å². The number of nitrogens with zero attached hydrogens (tertiary/aromatic N) is 1. The van der Waals surface area contributed by atoms with Crippen LogP contribution in [0.25, 0.3) is 0 Å². The fourth-order valence-electron chi connectivity index (χ4n) is 3.49. The van der Waals surface area contributed by atoms with Crippen LogP contribution in [-0.4, -0.2) is 84.4 Å². The molecule has 12 nitrogen and oxygen atoms in total. The quantitative estimate of drug-likeness (QED) is 0.363. The van der Waals surface area contributed by atoms with Crippen LogP contribution < -0.4 is 15.4 Å². The number of rotatable bonds is 7. The lowest BCUT2D eigenvalue weighted by Gasteiger charge is -2.35. The van der Waals surface area contributed by atoms with Crippen molar-refractivity contribution in [3.05, 3.63) is 0 Å². The number of sulfonamides is 1. The van der Waals surface area contributed by atoms with Crippen LogP contribution in [0.2, 0.25) is 0 Å². The fraction of sp³-hybridized carbons (Fsp3) is 0.810. The largest absolute Gasteiger partial charge is 0.444 e. The molecule has 1 aliphatic carbocycles. The Morgan fingerprint density at radius 1 is 1.09 bits per heavy atom. The number of aliphatic hydroxyl groups is 1. The van der Waals surface area contributed by atoms with Gasteiger partial charge in [-0.2, -0.15) is 0 Å². The van der Waals surface area contributed by atoms with E-state index in [-0.39, 0.29) is 13.0 Å². The Hall–Kier alpha value is -2.41. The first-order valence-corrected chi connectivity index (χ1v) is 12.8. The Morgan fingerprint density at radius 3 is 2.18 bits per heavy atom. The van der Waals surface area contributed by atoms with Crippen molar-refractivity contribution in [2.45, 2.75) is 89.8 Å². The molecule has 2 fully saturated rings. The Bertz CT molecular complexity index is 918. The van der Waals surface area contributed by atoms with E-state index in [4.69, 9.17) is 4.74 Å². The minimum absolute atomic E-state index is 0.0666. The summed E-state index contributed by atoms with van der Waals surface area (Å²) in [6, 6.07) is -2.16. The second kappa shape index (κ2) is 10.1. The highest BCUT2D eigenvalue weighted by Crippen LogP contribution is 2.28. The van der Waals surface area contributed by atoms with Gasteiger partial charge in [-0.15, -0.1) is 0 Å². The van der Waals surface area contributed by atoms with E-state index in [9.17, 15) is 32.7 Å². The lowest BCUT2D eigenvalue weighted by atomic mass is 9.85. The second-order valence-corrected chi connectivity index (χ2v) is 12.8. The molecule has 1 saturated heterocycles. The van der Waals surface area contributed by atoms with E-state index >= 15 is 0 Å². The van der Waals surface area contributed by atoms with Crippen LogP contribution in [0.5, 0.6) is 0 Å². The van der Waals surface area contributed by atoms with E-state index in [1.807, 2.05) is 4.72 Å². The van der Waals surface area contributed by atoms with Gasteiger partial charge in [0.05, 0.1) is 17.9 Å². The summed E-state index contributed by atoms with van der Waals surface area (Å²) in [5, 5.41) is 14.4. The van der Waals surface area contributed by atoms with Crippen molar-refractivity contribution < 1.29 is 37.4 Å². The molecule has 0 aromatic rings. The molecule has 2 aliphatic rings. The van der Waals surface area contributed by atoms with Crippen LogP contribution in [-0.2, 0) is 29.1 Å². The Morgan fingerprint density at radius 2 is 1.68 bits per heavy atom. The first-order valence-electron chi connectivity index (χ1n) is 11.2. The number of β-amino-alcohol motifs (C(OH)–C–C–N with tert-alkyl or cyclic N) is 1. The molecule has 0 aromatic heterocycles. The summed E-state index contributed by atoms with van der Waals surface area (Å²) < 4.78 is 30.9. The molecular weight excluding hydrogens is 468 g/mol. The van der Waals surface area contributed by atoms with Crippen LogP contribution >= 0.6 is 0 Å². The SMILES string of the molecule is CC(C)(C)OC(=O)N[C@H](C(=O)N1C[C@H](O)C[C@H]1C(=O)NCC(=O)NS(=O)(=O)C1CC1)C(C)(C)C. The monoisotopic (exact) mass is 504 g/mol. The van der Waals surface area contributed by atoms with Gasteiger partial charge in [0, 0.05) is 13.0 Å². The van der Waals surface area contributed by atoms with Crippen molar-refractivity contribution in [2.75, 3.05) is 13.1 Å². The minimum atomic E-state index is -3.75. The van der Waals surface area contributed by atoms with Crippen molar-refractivity contribution in [1.82, 2.24) is 20.3 Å². The van der Waals surface area contributed by atoms with E-state index in [1.54, 1.807) is 41.5 Å². The first-order chi connectivity index (χ1) is 15.4. The van der Waals surface area contributed by atoms with Gasteiger partial charge in [-0.3, -0.25) is 19.1 Å². The summed E-state index contributed by atoms with van der Waals surface area (Å²) in [4.78, 5) is 51.6. The Kier molecular flexibility index (Phi) is 8.24. The summed E-state index contributed by atoms with van der Waals surface area (Å²) in [5.74, 6) is -2.19. The third-order valence-corrected chi connectivity index (χ3v) is 7.14. The maximum atomic E-state index is 13.4. The molecule has 0 bridgehead atoms. The van der Waals surface area contributed by atoms with Crippen LogP contribution in [0.1, 0.15) is 60.8 Å². The van der Waals surface area contributed by atoms with Crippen LogP contribution in [0.15, 0.2) is 0 Å². The maximum absolute atomic E-state index is 13.4. The molecule has 0 spiro atoms. The number of hydrogen-bond donors (Lipinski definition) is 4. The molecular formula is C21H36N4O8S. The molecule has 4 amide bonds. The van der Waals surface area contributed by atoms with Crippen molar-refractivity contribution in [2.24, 2.45) is 5.41 Å². The summed E-state index contributed by atoms with van der Waals surface area (Å²) in [5.41, 5.74) is -1.53. The first kappa shape index (κ1) is 27.8. The van der Waals surface area contributed by atoms with Gasteiger partial charge in [0.15, 0.2) is 0 Å². The molecule has 13 heteroatoms. The molecule has 0 unspecified atom stereocenters. The third-order valence-electron chi connectivity index (χ3n) is 5.28. The normalized spacial score (nSPS) is 22.0. The zero-order valence-corrected chi connectivity index (χ0v) is 21.3. The standard InChI is InChI=1S/C21H36N4O8S/c1-20(2,3)16(23-19(30)33-21(4,5)6)18(29)25-11-12(26)9-14(25)17(28)22-10-15(27)24-34(31,32)13-7-8-13/h12-14,16,26H,7-11H2,1-6H3,(H,22,28)(H,23,30)(H,24,27)/t12-,14+,16-/m1/s1. The van der Waals surface area contributed by atoms with Crippen LogP contribution in [0, 0.1) is 5.41 Å². The van der Waals surface area contributed by atoms with E-state index in [1.165, 1.54) is 0 Å². The maximum Gasteiger partial charge on any atom is 0.408 e. The number of amides is 4. The van der Waals surface area contributed by atoms with Crippen LogP contribution in [0.3, 0.4) is 0 Å². The Balaban J connectivity index is 2.07. The van der Waals surface area contributed by atoms with Gasteiger partial charge in [0.1, 0.15) is 17.7 Å².